The molecule has 0 amide bonds. The van der Waals surface area contributed by atoms with Crippen molar-refractivity contribution in [3.8, 4) is 11.1 Å². The van der Waals surface area contributed by atoms with E-state index in [1.54, 1.807) is 12.1 Å². The highest BCUT2D eigenvalue weighted by Crippen LogP contribution is 2.39. The number of hydrogen-bond acceptors (Lipinski definition) is 6. The van der Waals surface area contributed by atoms with Crippen molar-refractivity contribution in [3.63, 3.8) is 0 Å². The van der Waals surface area contributed by atoms with E-state index in [2.05, 4.69) is 20.5 Å². The molecule has 1 heterocycles. The lowest BCUT2D eigenvalue weighted by Crippen LogP contribution is -2.01. The molecular weight excluding hydrogens is 416 g/mol. The Labute approximate surface area is 164 Å². The Morgan fingerprint density at radius 1 is 1.22 bits per heavy atom. The lowest BCUT2D eigenvalue weighted by molar-refractivity contribution is 0.600. The zero-order valence-electron chi connectivity index (χ0n) is 13.9. The summed E-state index contributed by atoms with van der Waals surface area (Å²) in [5, 5.41) is 9.58. The minimum absolute atomic E-state index is 0.141. The number of nitrogens with two attached hydrogens (primary N) is 1. The van der Waals surface area contributed by atoms with Crippen molar-refractivity contribution >= 4 is 50.6 Å². The Hall–Kier alpha value is -2.36. The van der Waals surface area contributed by atoms with E-state index in [1.807, 2.05) is 0 Å². The topological polar surface area (TPSA) is 114 Å². The number of nitrogens with one attached hydrogen (secondary N) is 2. The molecule has 0 saturated carbocycles. The molecule has 0 aliphatic heterocycles. The van der Waals surface area contributed by atoms with Crippen LogP contribution in [0.25, 0.3) is 11.1 Å². The lowest BCUT2D eigenvalue weighted by Gasteiger charge is -2.12. The van der Waals surface area contributed by atoms with E-state index >= 15 is 0 Å². The molecule has 3 aromatic rings. The summed E-state index contributed by atoms with van der Waals surface area (Å²) in [6.45, 7) is 0. The van der Waals surface area contributed by atoms with Gasteiger partial charge in [0.05, 0.1) is 15.8 Å². The van der Waals surface area contributed by atoms with Gasteiger partial charge in [0.2, 0.25) is 11.9 Å². The van der Waals surface area contributed by atoms with E-state index < -0.39 is 15.7 Å². The number of H-pyrrole nitrogens is 1. The third-order valence-corrected chi connectivity index (χ3v) is 4.99. The van der Waals surface area contributed by atoms with Gasteiger partial charge in [-0.1, -0.05) is 35.3 Å². The van der Waals surface area contributed by atoms with E-state index in [0.717, 1.165) is 12.3 Å². The first-order valence-electron chi connectivity index (χ1n) is 7.53. The molecule has 0 unspecified atom stereocenters. The quantitative estimate of drug-likeness (QED) is 0.568. The van der Waals surface area contributed by atoms with Crippen LogP contribution < -0.4 is 11.1 Å². The van der Waals surface area contributed by atoms with Crippen LogP contribution in [0, 0.1) is 5.82 Å². The molecule has 0 spiro atoms. The van der Waals surface area contributed by atoms with Crippen LogP contribution in [-0.2, 0) is 15.6 Å². The first-order valence-corrected chi connectivity index (χ1v) is 10.3. The molecule has 1 aromatic heterocycles. The molecule has 27 heavy (non-hydrogen) atoms. The Morgan fingerprint density at radius 2 is 1.89 bits per heavy atom. The first-order chi connectivity index (χ1) is 12.6. The van der Waals surface area contributed by atoms with Gasteiger partial charge in [-0.3, -0.25) is 0 Å². The number of rotatable bonds is 5. The fourth-order valence-corrected chi connectivity index (χ4v) is 3.99. The van der Waals surface area contributed by atoms with Gasteiger partial charge in [0, 0.05) is 23.1 Å². The molecule has 0 aliphatic rings. The summed E-state index contributed by atoms with van der Waals surface area (Å²) in [4.78, 5) is 3.90. The van der Waals surface area contributed by atoms with Gasteiger partial charge in [0.25, 0.3) is 0 Å². The van der Waals surface area contributed by atoms with Crippen LogP contribution in [0.4, 0.5) is 22.0 Å². The number of nitrogen functional groups attached to an aromatic ring is 1. The largest absolute Gasteiger partial charge is 0.368 e. The van der Waals surface area contributed by atoms with E-state index in [4.69, 9.17) is 28.9 Å². The Balaban J connectivity index is 1.95. The van der Waals surface area contributed by atoms with Crippen LogP contribution in [0.1, 0.15) is 5.56 Å². The van der Waals surface area contributed by atoms with Crippen molar-refractivity contribution in [1.82, 2.24) is 15.2 Å². The Morgan fingerprint density at radius 3 is 2.41 bits per heavy atom. The number of halogens is 3. The van der Waals surface area contributed by atoms with Gasteiger partial charge in [-0.15, -0.1) is 5.10 Å². The highest BCUT2D eigenvalue weighted by Gasteiger charge is 2.16. The van der Waals surface area contributed by atoms with Crippen LogP contribution in [0.3, 0.4) is 0 Å². The number of benzene rings is 2. The first kappa shape index (κ1) is 19.4. The summed E-state index contributed by atoms with van der Waals surface area (Å²) in [6, 6.07) is 7.21. The Bertz CT molecular complexity index is 1090. The zero-order valence-corrected chi connectivity index (χ0v) is 16.3. The summed E-state index contributed by atoms with van der Waals surface area (Å²) in [6.07, 6.45) is 1.08. The summed E-state index contributed by atoms with van der Waals surface area (Å²) in [5.74, 6) is -0.512. The van der Waals surface area contributed by atoms with Crippen molar-refractivity contribution in [1.29, 1.82) is 0 Å². The lowest BCUT2D eigenvalue weighted by atomic mass is 10.0. The van der Waals surface area contributed by atoms with Gasteiger partial charge >= 0.3 is 0 Å². The van der Waals surface area contributed by atoms with Gasteiger partial charge in [-0.05, 0) is 23.8 Å². The van der Waals surface area contributed by atoms with Crippen molar-refractivity contribution in [2.75, 3.05) is 17.3 Å². The van der Waals surface area contributed by atoms with Crippen LogP contribution >= 0.6 is 23.2 Å². The average Bonchev–Trinajstić information content (AvgIpc) is 2.92. The SMILES string of the molecule is CS(=O)(=O)Cc1ccc(-c2c(Cl)cc(Nc3n[nH]c(N)n3)cc2Cl)c(F)c1. The van der Waals surface area contributed by atoms with Crippen LogP contribution in [0.2, 0.25) is 10.0 Å². The fourth-order valence-electron chi connectivity index (χ4n) is 2.52. The molecule has 4 N–H and O–H groups in total. The fraction of sp³-hybridized carbons (Fsp3) is 0.125. The second-order valence-corrected chi connectivity index (χ2v) is 8.82. The third kappa shape index (κ3) is 4.68. The van der Waals surface area contributed by atoms with Gasteiger partial charge in [-0.2, -0.15) is 4.98 Å². The average molecular weight is 430 g/mol. The van der Waals surface area contributed by atoms with Gasteiger partial charge < -0.3 is 11.1 Å². The molecule has 11 heteroatoms. The van der Waals surface area contributed by atoms with Crippen molar-refractivity contribution in [2.45, 2.75) is 5.75 Å². The highest BCUT2D eigenvalue weighted by molar-refractivity contribution is 7.89. The normalized spacial score (nSPS) is 11.6. The number of hydrogen-bond donors (Lipinski definition) is 3. The van der Waals surface area contributed by atoms with Gasteiger partial charge in [-0.25, -0.2) is 17.9 Å². The van der Waals surface area contributed by atoms with Crippen LogP contribution in [0.15, 0.2) is 30.3 Å². The predicted octanol–water partition coefficient (Wildman–Crippen LogP) is 3.79. The Kier molecular flexibility index (Phi) is 5.27. The molecular formula is C16H14Cl2FN5O2S. The van der Waals surface area contributed by atoms with E-state index in [9.17, 15) is 12.8 Å². The van der Waals surface area contributed by atoms with E-state index in [0.29, 0.717) is 16.8 Å². The van der Waals surface area contributed by atoms with Crippen molar-refractivity contribution < 1.29 is 12.8 Å². The number of anilines is 3. The minimum Gasteiger partial charge on any atom is -0.368 e. The summed E-state index contributed by atoms with van der Waals surface area (Å²) in [5.41, 5.74) is 6.74. The number of sulfone groups is 1. The second kappa shape index (κ2) is 7.34. The third-order valence-electron chi connectivity index (χ3n) is 3.53. The molecule has 0 bridgehead atoms. The van der Waals surface area contributed by atoms with Gasteiger partial charge in [0.15, 0.2) is 9.84 Å². The molecule has 0 fully saturated rings. The maximum Gasteiger partial charge on any atom is 0.248 e. The zero-order chi connectivity index (χ0) is 19.8. The minimum atomic E-state index is -3.27. The summed E-state index contributed by atoms with van der Waals surface area (Å²) < 4.78 is 37.3. The maximum absolute atomic E-state index is 14.6. The molecule has 2 aromatic carbocycles. The number of nitrogens with zero attached hydrogens (tertiary/aromatic N) is 2. The van der Waals surface area contributed by atoms with Gasteiger partial charge in [0.1, 0.15) is 5.82 Å². The summed E-state index contributed by atoms with van der Waals surface area (Å²) >= 11 is 12.6. The van der Waals surface area contributed by atoms with E-state index in [1.165, 1.54) is 12.1 Å². The number of aromatic nitrogens is 3. The molecule has 0 saturated heterocycles. The molecule has 3 rings (SSSR count). The maximum atomic E-state index is 14.6. The summed E-state index contributed by atoms with van der Waals surface area (Å²) in [7, 11) is -3.27. The molecule has 7 nitrogen and oxygen atoms in total. The second-order valence-electron chi connectivity index (χ2n) is 5.87. The van der Waals surface area contributed by atoms with Crippen LogP contribution in [-0.4, -0.2) is 29.9 Å². The standard InChI is InChI=1S/C16H14Cl2FN5O2S/c1-27(25,26)7-8-2-3-10(13(19)4-8)14-11(17)5-9(6-12(14)18)21-16-22-15(20)23-24-16/h2-6H,7H2,1H3,(H4,20,21,22,23,24). The van der Waals surface area contributed by atoms with Crippen molar-refractivity contribution in [2.24, 2.45) is 0 Å². The monoisotopic (exact) mass is 429 g/mol. The predicted molar refractivity (Wildman–Crippen MR) is 104 cm³/mol. The molecule has 0 atom stereocenters. The molecule has 142 valence electrons. The number of aromatic amines is 1. The molecule has 0 aliphatic carbocycles. The van der Waals surface area contributed by atoms with E-state index in [-0.39, 0.29) is 33.3 Å². The molecule has 0 radical (unpaired) electrons. The highest BCUT2D eigenvalue weighted by atomic mass is 35.5. The van der Waals surface area contributed by atoms with Crippen molar-refractivity contribution in [3.05, 3.63) is 51.8 Å². The smallest absolute Gasteiger partial charge is 0.248 e. The van der Waals surface area contributed by atoms with Crippen LogP contribution in [0.5, 0.6) is 0 Å².